The third-order valence-electron chi connectivity index (χ3n) is 3.13. The predicted octanol–water partition coefficient (Wildman–Crippen LogP) is 3.13. The Morgan fingerprint density at radius 1 is 1.04 bits per heavy atom. The largest absolute Gasteiger partial charge is 0.434 e. The highest BCUT2D eigenvalue weighted by atomic mass is 16.3. The molecule has 0 fully saturated rings. The fourth-order valence-corrected chi connectivity index (χ4v) is 2.05. The lowest BCUT2D eigenvalue weighted by atomic mass is 10.2. The number of nitrogens with one attached hydrogen (secondary N) is 1. The van der Waals surface area contributed by atoms with Gasteiger partial charge in [-0.2, -0.15) is 20.8 Å². The van der Waals surface area contributed by atoms with E-state index in [4.69, 9.17) is 20.2 Å². The van der Waals surface area contributed by atoms with Gasteiger partial charge in [0.1, 0.15) is 23.9 Å². The quantitative estimate of drug-likeness (QED) is 0.737. The van der Waals surface area contributed by atoms with Gasteiger partial charge in [0, 0.05) is 17.4 Å². The van der Waals surface area contributed by atoms with E-state index in [1.165, 1.54) is 0 Å². The lowest BCUT2D eigenvalue weighted by molar-refractivity contribution is 0.619. The monoisotopic (exact) mass is 312 g/mol. The van der Waals surface area contributed by atoms with Crippen LogP contribution in [0.4, 0.5) is 5.69 Å². The van der Waals surface area contributed by atoms with Gasteiger partial charge >= 0.3 is 0 Å². The fourth-order valence-electron chi connectivity index (χ4n) is 2.05. The van der Waals surface area contributed by atoms with E-state index < -0.39 is 0 Å². The van der Waals surface area contributed by atoms with Crippen LogP contribution in [0, 0.1) is 34.0 Å². The maximum absolute atomic E-state index is 9.09. The van der Waals surface area contributed by atoms with Gasteiger partial charge in [0.25, 0.3) is 0 Å². The van der Waals surface area contributed by atoms with Crippen molar-refractivity contribution in [2.45, 2.75) is 0 Å². The highest BCUT2D eigenvalue weighted by molar-refractivity contribution is 5.73. The minimum atomic E-state index is -0.283. The Balaban J connectivity index is 1.98. The number of aromatic nitrogens is 2. The molecule has 24 heavy (non-hydrogen) atoms. The number of nitrogens with zero attached hydrogens (tertiary/aromatic N) is 5. The minimum Gasteiger partial charge on any atom is -0.434 e. The van der Waals surface area contributed by atoms with Crippen LogP contribution in [-0.2, 0) is 0 Å². The zero-order valence-electron chi connectivity index (χ0n) is 12.2. The first-order valence-corrected chi connectivity index (χ1v) is 6.78. The maximum atomic E-state index is 9.09. The van der Waals surface area contributed by atoms with E-state index in [2.05, 4.69) is 15.3 Å². The predicted molar refractivity (Wildman–Crippen MR) is 84.7 cm³/mol. The van der Waals surface area contributed by atoms with Crippen LogP contribution in [0.5, 0.6) is 0 Å². The summed E-state index contributed by atoms with van der Waals surface area (Å²) in [6.07, 6.45) is 1.63. The molecular formula is C17H8N6O. The molecule has 3 rings (SSSR count). The van der Waals surface area contributed by atoms with Crippen molar-refractivity contribution >= 4 is 16.9 Å². The van der Waals surface area contributed by atoms with Crippen LogP contribution >= 0.6 is 0 Å². The van der Waals surface area contributed by atoms with Crippen molar-refractivity contribution in [2.24, 2.45) is 0 Å². The Bertz CT molecular complexity index is 1030. The number of hydrogen-bond donors (Lipinski definition) is 1. The molecule has 0 spiro atoms. The first-order valence-electron chi connectivity index (χ1n) is 6.78. The molecule has 7 heteroatoms. The van der Waals surface area contributed by atoms with E-state index >= 15 is 0 Å². The summed E-state index contributed by atoms with van der Waals surface area (Å²) in [6, 6.07) is 15.6. The second-order valence-corrected chi connectivity index (χ2v) is 4.64. The lowest BCUT2D eigenvalue weighted by Gasteiger charge is -2.05. The van der Waals surface area contributed by atoms with Crippen molar-refractivity contribution in [3.63, 3.8) is 0 Å². The normalized spacial score (nSPS) is 9.54. The minimum absolute atomic E-state index is 0.114. The van der Waals surface area contributed by atoms with Gasteiger partial charge in [0.05, 0.1) is 0 Å². The third-order valence-corrected chi connectivity index (χ3v) is 3.13. The van der Waals surface area contributed by atoms with Gasteiger partial charge in [-0.15, -0.1) is 0 Å². The second kappa shape index (κ2) is 6.31. The summed E-state index contributed by atoms with van der Waals surface area (Å²) < 4.78 is 5.65. The fraction of sp³-hybridized carbons (Fsp3) is 0. The van der Waals surface area contributed by atoms with Crippen LogP contribution in [-0.4, -0.2) is 9.97 Å². The Hall–Kier alpha value is -4.15. The van der Waals surface area contributed by atoms with Crippen molar-refractivity contribution in [1.82, 2.24) is 9.97 Å². The van der Waals surface area contributed by atoms with Gasteiger partial charge in [-0.25, -0.2) is 4.98 Å². The van der Waals surface area contributed by atoms with Crippen LogP contribution in [0.1, 0.15) is 0 Å². The van der Waals surface area contributed by atoms with E-state index in [1.807, 2.05) is 6.07 Å². The number of anilines is 1. The average molecular weight is 312 g/mol. The van der Waals surface area contributed by atoms with Crippen LogP contribution in [0.2, 0.25) is 0 Å². The summed E-state index contributed by atoms with van der Waals surface area (Å²) in [4.78, 5) is 8.42. The molecule has 0 atom stereocenters. The first kappa shape index (κ1) is 14.8. The Morgan fingerprint density at radius 2 is 1.88 bits per heavy atom. The van der Waals surface area contributed by atoms with Gasteiger partial charge in [-0.05, 0) is 30.3 Å². The molecule has 0 aliphatic rings. The van der Waals surface area contributed by atoms with Crippen LogP contribution < -0.4 is 5.32 Å². The van der Waals surface area contributed by atoms with Gasteiger partial charge < -0.3 is 9.73 Å². The SMILES string of the molecule is N#CC(C#N)=C(C#N)Nc1cccc(-c2nc3ncccc3o2)c1. The molecule has 0 aliphatic carbocycles. The number of nitriles is 3. The number of allylic oxidation sites excluding steroid dienone is 2. The molecule has 0 amide bonds. The van der Waals surface area contributed by atoms with Gasteiger partial charge in [-0.1, -0.05) is 6.07 Å². The van der Waals surface area contributed by atoms with Crippen molar-refractivity contribution in [3.8, 4) is 29.7 Å². The average Bonchev–Trinajstić information content (AvgIpc) is 3.06. The molecule has 1 aromatic carbocycles. The number of pyridine rings is 1. The highest BCUT2D eigenvalue weighted by Gasteiger charge is 2.11. The molecule has 0 bridgehead atoms. The van der Waals surface area contributed by atoms with E-state index in [1.54, 1.807) is 54.7 Å². The van der Waals surface area contributed by atoms with E-state index in [9.17, 15) is 0 Å². The van der Waals surface area contributed by atoms with E-state index in [0.29, 0.717) is 28.4 Å². The summed E-state index contributed by atoms with van der Waals surface area (Å²) in [5.74, 6) is 0.385. The van der Waals surface area contributed by atoms with Crippen LogP contribution in [0.3, 0.4) is 0 Å². The van der Waals surface area contributed by atoms with Gasteiger partial charge in [-0.3, -0.25) is 0 Å². The summed E-state index contributed by atoms with van der Waals surface area (Å²) in [5, 5.41) is 29.6. The molecule has 2 heterocycles. The Morgan fingerprint density at radius 3 is 2.58 bits per heavy atom. The Labute approximate surface area is 136 Å². The molecule has 0 radical (unpaired) electrons. The van der Waals surface area contributed by atoms with Crippen molar-refractivity contribution in [3.05, 3.63) is 53.9 Å². The number of fused-ring (bicyclic) bond motifs is 1. The lowest BCUT2D eigenvalue weighted by Crippen LogP contribution is -2.00. The number of benzene rings is 1. The van der Waals surface area contributed by atoms with Crippen molar-refractivity contribution in [2.75, 3.05) is 5.32 Å². The molecule has 1 N–H and O–H groups in total. The summed E-state index contributed by atoms with van der Waals surface area (Å²) in [6.45, 7) is 0. The summed E-state index contributed by atoms with van der Waals surface area (Å²) in [7, 11) is 0. The number of oxazole rings is 1. The van der Waals surface area contributed by atoms with Crippen LogP contribution in [0.15, 0.2) is 58.3 Å². The zero-order chi connectivity index (χ0) is 16.9. The zero-order valence-corrected chi connectivity index (χ0v) is 12.2. The molecule has 112 valence electrons. The smallest absolute Gasteiger partial charge is 0.228 e. The standard InChI is InChI=1S/C17H8N6O/c18-8-12(9-19)14(10-20)22-13-4-1-3-11(7-13)17-23-16-15(24-17)5-2-6-21-16/h1-7,22H. The third kappa shape index (κ3) is 2.76. The molecule has 2 aromatic heterocycles. The topological polar surface area (TPSA) is 122 Å². The molecule has 0 unspecified atom stereocenters. The highest BCUT2D eigenvalue weighted by Crippen LogP contribution is 2.25. The molecule has 0 aliphatic heterocycles. The van der Waals surface area contributed by atoms with Crippen LogP contribution in [0.25, 0.3) is 22.7 Å². The number of rotatable bonds is 3. The van der Waals surface area contributed by atoms with E-state index in [0.717, 1.165) is 0 Å². The van der Waals surface area contributed by atoms with Gasteiger partial charge in [0.15, 0.2) is 16.8 Å². The van der Waals surface area contributed by atoms with Gasteiger partial charge in [0.2, 0.25) is 5.89 Å². The van der Waals surface area contributed by atoms with E-state index in [-0.39, 0.29) is 11.3 Å². The maximum Gasteiger partial charge on any atom is 0.228 e. The Kier molecular flexibility index (Phi) is 3.88. The number of hydrogen-bond acceptors (Lipinski definition) is 7. The first-order chi connectivity index (χ1) is 11.7. The molecule has 0 saturated carbocycles. The summed E-state index contributed by atoms with van der Waals surface area (Å²) in [5.41, 5.74) is 1.87. The van der Waals surface area contributed by atoms with Crippen molar-refractivity contribution < 1.29 is 4.42 Å². The molecule has 3 aromatic rings. The molecule has 0 saturated heterocycles. The second-order valence-electron chi connectivity index (χ2n) is 4.64. The van der Waals surface area contributed by atoms with Crippen molar-refractivity contribution in [1.29, 1.82) is 15.8 Å². The summed E-state index contributed by atoms with van der Waals surface area (Å²) >= 11 is 0. The molecule has 7 nitrogen and oxygen atoms in total. The molecular weight excluding hydrogens is 304 g/mol.